The van der Waals surface area contributed by atoms with Gasteiger partial charge in [0.05, 0.1) is 16.9 Å². The summed E-state index contributed by atoms with van der Waals surface area (Å²) in [6, 6.07) is 16.7. The molecule has 0 radical (unpaired) electrons. The number of aromatic nitrogens is 1. The number of pyridine rings is 1. The number of carbonyl (C=O) groups is 2. The second-order valence-corrected chi connectivity index (χ2v) is 6.83. The normalized spacial score (nSPS) is 17.8. The van der Waals surface area contributed by atoms with Gasteiger partial charge in [-0.2, -0.15) is 0 Å². The Morgan fingerprint density at radius 2 is 1.79 bits per heavy atom. The third-order valence-corrected chi connectivity index (χ3v) is 4.93. The van der Waals surface area contributed by atoms with Crippen LogP contribution in [0.25, 0.3) is 11.3 Å². The highest BCUT2D eigenvalue weighted by atomic mass is 19.1. The number of rotatable bonds is 5. The second-order valence-electron chi connectivity index (χ2n) is 6.83. The number of halogens is 1. The van der Waals surface area contributed by atoms with Crippen molar-refractivity contribution in [2.24, 2.45) is 11.7 Å². The standard InChI is InChI=1S/C22H18FN3O2/c23-15-8-5-13(6-9-15)19-10-7-14(12-25-19)17-11-18(17)22(28)26-20-4-2-1-3-16(20)21(24)27/h1-10,12,17-18H,11H2,(H2,24,27)(H,26,28). The lowest BCUT2D eigenvalue weighted by molar-refractivity contribution is -0.117. The molecule has 6 heteroatoms. The summed E-state index contributed by atoms with van der Waals surface area (Å²) in [7, 11) is 0. The molecule has 2 aromatic carbocycles. The van der Waals surface area contributed by atoms with Gasteiger partial charge in [-0.05, 0) is 60.4 Å². The van der Waals surface area contributed by atoms with Gasteiger partial charge >= 0.3 is 0 Å². The molecule has 1 fully saturated rings. The number of nitrogens with zero attached hydrogens (tertiary/aromatic N) is 1. The SMILES string of the molecule is NC(=O)c1ccccc1NC(=O)C1CC1c1ccc(-c2ccc(F)cc2)nc1. The van der Waals surface area contributed by atoms with Gasteiger partial charge in [0.15, 0.2) is 0 Å². The highest BCUT2D eigenvalue weighted by Crippen LogP contribution is 2.48. The molecule has 2 amide bonds. The van der Waals surface area contributed by atoms with Crippen LogP contribution < -0.4 is 11.1 Å². The predicted molar refractivity (Wildman–Crippen MR) is 104 cm³/mol. The zero-order valence-electron chi connectivity index (χ0n) is 14.9. The lowest BCUT2D eigenvalue weighted by Crippen LogP contribution is -2.19. The first-order valence-electron chi connectivity index (χ1n) is 8.94. The first-order valence-corrected chi connectivity index (χ1v) is 8.94. The molecular formula is C22H18FN3O2. The zero-order valence-corrected chi connectivity index (χ0v) is 14.9. The van der Waals surface area contributed by atoms with Crippen molar-refractivity contribution in [3.05, 3.63) is 83.8 Å². The number of hydrogen-bond acceptors (Lipinski definition) is 3. The Labute approximate surface area is 161 Å². The molecule has 1 heterocycles. The average molecular weight is 375 g/mol. The lowest BCUT2D eigenvalue weighted by atomic mass is 10.1. The molecule has 1 saturated carbocycles. The molecular weight excluding hydrogens is 357 g/mol. The van der Waals surface area contributed by atoms with Crippen LogP contribution in [-0.2, 0) is 4.79 Å². The minimum atomic E-state index is -0.580. The van der Waals surface area contributed by atoms with Crippen molar-refractivity contribution in [1.29, 1.82) is 0 Å². The van der Waals surface area contributed by atoms with Crippen LogP contribution in [0.4, 0.5) is 10.1 Å². The predicted octanol–water partition coefficient (Wildman–Crippen LogP) is 3.73. The van der Waals surface area contributed by atoms with E-state index in [1.54, 1.807) is 42.6 Å². The summed E-state index contributed by atoms with van der Waals surface area (Å²) in [6.45, 7) is 0. The van der Waals surface area contributed by atoms with Crippen LogP contribution >= 0.6 is 0 Å². The van der Waals surface area contributed by atoms with Crippen LogP contribution in [0.15, 0.2) is 66.9 Å². The van der Waals surface area contributed by atoms with E-state index in [1.807, 2.05) is 12.1 Å². The number of benzene rings is 2. The van der Waals surface area contributed by atoms with E-state index in [0.29, 0.717) is 11.3 Å². The molecule has 4 rings (SSSR count). The Bertz CT molecular complexity index is 1030. The molecule has 5 nitrogen and oxygen atoms in total. The van der Waals surface area contributed by atoms with Crippen molar-refractivity contribution < 1.29 is 14.0 Å². The second kappa shape index (κ2) is 7.23. The highest BCUT2D eigenvalue weighted by molar-refractivity contribution is 6.04. The first-order chi connectivity index (χ1) is 13.5. The van der Waals surface area contributed by atoms with Crippen LogP contribution in [0.5, 0.6) is 0 Å². The number of anilines is 1. The van der Waals surface area contributed by atoms with Crippen molar-refractivity contribution >= 4 is 17.5 Å². The summed E-state index contributed by atoms with van der Waals surface area (Å²) in [5.74, 6) is -1.08. The first kappa shape index (κ1) is 17.9. The van der Waals surface area contributed by atoms with E-state index in [0.717, 1.165) is 23.2 Å². The van der Waals surface area contributed by atoms with E-state index in [2.05, 4.69) is 10.3 Å². The van der Waals surface area contributed by atoms with Crippen molar-refractivity contribution in [1.82, 2.24) is 4.98 Å². The molecule has 1 aromatic heterocycles. The molecule has 2 atom stereocenters. The Kier molecular flexibility index (Phi) is 4.61. The van der Waals surface area contributed by atoms with Gasteiger partial charge in [0, 0.05) is 17.7 Å². The fourth-order valence-electron chi connectivity index (χ4n) is 3.30. The smallest absolute Gasteiger partial charge is 0.250 e. The largest absolute Gasteiger partial charge is 0.366 e. The minimum absolute atomic E-state index is 0.0931. The molecule has 0 saturated heterocycles. The van der Waals surface area contributed by atoms with Gasteiger partial charge in [0.25, 0.3) is 5.91 Å². The van der Waals surface area contributed by atoms with E-state index in [-0.39, 0.29) is 23.6 Å². The van der Waals surface area contributed by atoms with Gasteiger partial charge in [-0.25, -0.2) is 4.39 Å². The van der Waals surface area contributed by atoms with Gasteiger partial charge < -0.3 is 11.1 Å². The number of primary amides is 1. The quantitative estimate of drug-likeness (QED) is 0.713. The van der Waals surface area contributed by atoms with Crippen LogP contribution in [0.3, 0.4) is 0 Å². The van der Waals surface area contributed by atoms with Crippen molar-refractivity contribution in [3.63, 3.8) is 0 Å². The third kappa shape index (κ3) is 3.62. The maximum absolute atomic E-state index is 13.0. The zero-order chi connectivity index (χ0) is 19.7. The molecule has 0 aliphatic heterocycles. The fourth-order valence-corrected chi connectivity index (χ4v) is 3.30. The Morgan fingerprint density at radius 1 is 1.04 bits per heavy atom. The van der Waals surface area contributed by atoms with Gasteiger partial charge in [0.1, 0.15) is 5.82 Å². The molecule has 1 aliphatic rings. The summed E-state index contributed by atoms with van der Waals surface area (Å²) in [5, 5.41) is 2.80. The number of para-hydroxylation sites is 1. The molecule has 140 valence electrons. The molecule has 0 spiro atoms. The van der Waals surface area contributed by atoms with Crippen molar-refractivity contribution in [2.45, 2.75) is 12.3 Å². The number of nitrogens with one attached hydrogen (secondary N) is 1. The minimum Gasteiger partial charge on any atom is -0.366 e. The van der Waals surface area contributed by atoms with Gasteiger partial charge in [-0.3, -0.25) is 14.6 Å². The van der Waals surface area contributed by atoms with Crippen LogP contribution in [0.1, 0.15) is 28.3 Å². The van der Waals surface area contributed by atoms with Crippen molar-refractivity contribution in [2.75, 3.05) is 5.32 Å². The monoisotopic (exact) mass is 375 g/mol. The molecule has 28 heavy (non-hydrogen) atoms. The van der Waals surface area contributed by atoms with Gasteiger partial charge in [-0.1, -0.05) is 18.2 Å². The van der Waals surface area contributed by atoms with E-state index < -0.39 is 5.91 Å². The number of nitrogens with two attached hydrogens (primary N) is 1. The summed E-state index contributed by atoms with van der Waals surface area (Å²) in [4.78, 5) is 28.5. The Balaban J connectivity index is 1.43. The highest BCUT2D eigenvalue weighted by Gasteiger charge is 2.44. The maximum Gasteiger partial charge on any atom is 0.250 e. The van der Waals surface area contributed by atoms with E-state index in [9.17, 15) is 14.0 Å². The van der Waals surface area contributed by atoms with Gasteiger partial charge in [0.2, 0.25) is 5.91 Å². The van der Waals surface area contributed by atoms with Gasteiger partial charge in [-0.15, -0.1) is 0 Å². The van der Waals surface area contributed by atoms with Crippen molar-refractivity contribution in [3.8, 4) is 11.3 Å². The molecule has 2 unspecified atom stereocenters. The van der Waals surface area contributed by atoms with E-state index >= 15 is 0 Å². The van der Waals surface area contributed by atoms with Crippen LogP contribution in [-0.4, -0.2) is 16.8 Å². The Hall–Kier alpha value is -3.54. The summed E-state index contributed by atoms with van der Waals surface area (Å²) in [6.07, 6.45) is 2.48. The number of amides is 2. The molecule has 3 aromatic rings. The fraction of sp³-hybridized carbons (Fsp3) is 0.136. The summed E-state index contributed by atoms with van der Waals surface area (Å²) >= 11 is 0. The summed E-state index contributed by atoms with van der Waals surface area (Å²) in [5.41, 5.74) is 8.63. The van der Waals surface area contributed by atoms with Crippen LogP contribution in [0, 0.1) is 11.7 Å². The Morgan fingerprint density at radius 3 is 2.46 bits per heavy atom. The lowest BCUT2D eigenvalue weighted by Gasteiger charge is -2.09. The third-order valence-electron chi connectivity index (χ3n) is 4.93. The molecule has 1 aliphatic carbocycles. The average Bonchev–Trinajstić information content (AvgIpc) is 3.50. The number of hydrogen-bond donors (Lipinski definition) is 2. The van der Waals surface area contributed by atoms with Crippen LogP contribution in [0.2, 0.25) is 0 Å². The maximum atomic E-state index is 13.0. The van der Waals surface area contributed by atoms with E-state index in [4.69, 9.17) is 5.73 Å². The summed E-state index contributed by atoms with van der Waals surface area (Å²) < 4.78 is 13.0. The molecule has 0 bridgehead atoms. The van der Waals surface area contributed by atoms with E-state index in [1.165, 1.54) is 12.1 Å². The topological polar surface area (TPSA) is 85.1 Å². The number of carbonyl (C=O) groups excluding carboxylic acids is 2. The molecule has 3 N–H and O–H groups in total.